The van der Waals surface area contributed by atoms with Crippen molar-refractivity contribution in [3.05, 3.63) is 71.5 Å². The summed E-state index contributed by atoms with van der Waals surface area (Å²) in [4.78, 5) is 0. The second kappa shape index (κ2) is 6.64. The van der Waals surface area contributed by atoms with Crippen molar-refractivity contribution in [3.63, 3.8) is 0 Å². The topological polar surface area (TPSA) is 0 Å². The molecule has 0 aliphatic rings. The molecule has 0 unspecified atom stereocenters. The van der Waals surface area contributed by atoms with Gasteiger partial charge in [0.1, 0.15) is 5.82 Å². The molecule has 2 aromatic carbocycles. The average molecular weight is 298 g/mol. The average Bonchev–Trinajstić information content (AvgIpc) is 2.47. The van der Waals surface area contributed by atoms with Crippen LogP contribution in [0.15, 0.2) is 54.6 Å². The maximum atomic E-state index is 13.1. The van der Waals surface area contributed by atoms with E-state index in [2.05, 4.69) is 58.0 Å². The van der Waals surface area contributed by atoms with Crippen molar-refractivity contribution in [2.24, 2.45) is 5.41 Å². The van der Waals surface area contributed by atoms with Crippen LogP contribution in [0.2, 0.25) is 0 Å². The zero-order valence-corrected chi connectivity index (χ0v) is 14.2. The van der Waals surface area contributed by atoms with E-state index in [0.717, 1.165) is 19.3 Å². The summed E-state index contributed by atoms with van der Waals surface area (Å²) in [6.07, 6.45) is 3.33. The Bertz CT molecular complexity index is 579. The van der Waals surface area contributed by atoms with Gasteiger partial charge < -0.3 is 0 Å². The van der Waals surface area contributed by atoms with Crippen LogP contribution in [-0.4, -0.2) is 0 Å². The van der Waals surface area contributed by atoms with Crippen LogP contribution in [0.1, 0.15) is 51.7 Å². The SMILES string of the molecule is CC(C)(CCC(C)(C)c1ccc(F)cc1)Cc1ccccc1. The second-order valence-corrected chi connectivity index (χ2v) is 7.72. The first-order valence-corrected chi connectivity index (χ1v) is 8.09. The molecule has 0 radical (unpaired) electrons. The van der Waals surface area contributed by atoms with Crippen molar-refractivity contribution in [3.8, 4) is 0 Å². The lowest BCUT2D eigenvalue weighted by Gasteiger charge is -2.32. The van der Waals surface area contributed by atoms with Gasteiger partial charge >= 0.3 is 0 Å². The van der Waals surface area contributed by atoms with Gasteiger partial charge in [-0.25, -0.2) is 4.39 Å². The lowest BCUT2D eigenvalue weighted by molar-refractivity contribution is 0.285. The van der Waals surface area contributed by atoms with E-state index in [1.165, 1.54) is 11.1 Å². The summed E-state index contributed by atoms with van der Waals surface area (Å²) >= 11 is 0. The van der Waals surface area contributed by atoms with E-state index >= 15 is 0 Å². The number of benzene rings is 2. The maximum Gasteiger partial charge on any atom is 0.123 e. The third-order valence-electron chi connectivity index (χ3n) is 4.58. The fraction of sp³-hybridized carbons (Fsp3) is 0.429. The van der Waals surface area contributed by atoms with E-state index in [0.29, 0.717) is 0 Å². The van der Waals surface area contributed by atoms with Crippen molar-refractivity contribution in [1.29, 1.82) is 0 Å². The number of hydrogen-bond donors (Lipinski definition) is 0. The summed E-state index contributed by atoms with van der Waals surface area (Å²) in [7, 11) is 0. The maximum absolute atomic E-state index is 13.1. The Balaban J connectivity index is 1.99. The molecular weight excluding hydrogens is 271 g/mol. The fourth-order valence-corrected chi connectivity index (χ4v) is 2.93. The van der Waals surface area contributed by atoms with E-state index in [9.17, 15) is 4.39 Å². The highest BCUT2D eigenvalue weighted by Gasteiger charge is 2.26. The largest absolute Gasteiger partial charge is 0.207 e. The van der Waals surface area contributed by atoms with Gasteiger partial charge in [-0.2, -0.15) is 0 Å². The molecule has 0 heterocycles. The first-order valence-electron chi connectivity index (χ1n) is 8.09. The highest BCUT2D eigenvalue weighted by atomic mass is 19.1. The molecule has 2 aromatic rings. The molecule has 0 aliphatic carbocycles. The standard InChI is InChI=1S/C21H27F/c1-20(2,16-17-8-6-5-7-9-17)14-15-21(3,4)18-10-12-19(22)13-11-18/h5-13H,14-16H2,1-4H3. The Morgan fingerprint density at radius 2 is 1.36 bits per heavy atom. The van der Waals surface area contributed by atoms with Crippen molar-refractivity contribution in [1.82, 2.24) is 0 Å². The van der Waals surface area contributed by atoms with Gasteiger partial charge in [0.05, 0.1) is 0 Å². The smallest absolute Gasteiger partial charge is 0.123 e. The lowest BCUT2D eigenvalue weighted by atomic mass is 9.73. The molecular formula is C21H27F. The molecule has 0 N–H and O–H groups in total. The van der Waals surface area contributed by atoms with E-state index in [1.54, 1.807) is 12.1 Å². The van der Waals surface area contributed by atoms with Crippen molar-refractivity contribution < 1.29 is 4.39 Å². The third-order valence-corrected chi connectivity index (χ3v) is 4.58. The number of rotatable bonds is 6. The van der Waals surface area contributed by atoms with Gasteiger partial charge in [-0.3, -0.25) is 0 Å². The van der Waals surface area contributed by atoms with Crippen LogP contribution in [0, 0.1) is 11.2 Å². The molecule has 0 saturated heterocycles. The van der Waals surface area contributed by atoms with Crippen LogP contribution in [0.3, 0.4) is 0 Å². The molecule has 0 bridgehead atoms. The molecule has 0 aliphatic heterocycles. The molecule has 0 spiro atoms. The summed E-state index contributed by atoms with van der Waals surface area (Å²) < 4.78 is 13.1. The van der Waals surface area contributed by atoms with Crippen LogP contribution < -0.4 is 0 Å². The van der Waals surface area contributed by atoms with Crippen molar-refractivity contribution in [2.75, 3.05) is 0 Å². The molecule has 1 heteroatoms. The first-order chi connectivity index (χ1) is 10.3. The Morgan fingerprint density at radius 3 is 1.95 bits per heavy atom. The van der Waals surface area contributed by atoms with E-state index in [4.69, 9.17) is 0 Å². The molecule has 0 saturated carbocycles. The van der Waals surface area contributed by atoms with Crippen molar-refractivity contribution >= 4 is 0 Å². The number of hydrogen-bond acceptors (Lipinski definition) is 0. The van der Waals surface area contributed by atoms with Gasteiger partial charge in [-0.1, -0.05) is 70.2 Å². The monoisotopic (exact) mass is 298 g/mol. The first kappa shape index (κ1) is 16.7. The predicted molar refractivity (Wildman–Crippen MR) is 92.6 cm³/mol. The van der Waals surface area contributed by atoms with Gasteiger partial charge in [0.25, 0.3) is 0 Å². The van der Waals surface area contributed by atoms with Gasteiger partial charge in [0.2, 0.25) is 0 Å². The Kier molecular flexibility index (Phi) is 5.05. The Hall–Kier alpha value is -1.63. The Labute approximate surface area is 134 Å². The van der Waals surface area contributed by atoms with Crippen LogP contribution in [-0.2, 0) is 11.8 Å². The van der Waals surface area contributed by atoms with Crippen LogP contribution >= 0.6 is 0 Å². The summed E-state index contributed by atoms with van der Waals surface area (Å²) in [5.74, 6) is -0.163. The molecule has 0 amide bonds. The fourth-order valence-electron chi connectivity index (χ4n) is 2.93. The molecule has 2 rings (SSSR count). The summed E-state index contributed by atoms with van der Waals surface area (Å²) in [5.41, 5.74) is 2.94. The zero-order valence-electron chi connectivity index (χ0n) is 14.2. The summed E-state index contributed by atoms with van der Waals surface area (Å²) in [6, 6.07) is 17.6. The van der Waals surface area contributed by atoms with Crippen molar-refractivity contribution in [2.45, 2.75) is 52.4 Å². The quantitative estimate of drug-likeness (QED) is 0.599. The summed E-state index contributed by atoms with van der Waals surface area (Å²) in [6.45, 7) is 9.17. The molecule has 0 aromatic heterocycles. The van der Waals surface area contributed by atoms with Gasteiger partial charge in [0, 0.05) is 0 Å². The zero-order chi connectivity index (χ0) is 16.2. The van der Waals surface area contributed by atoms with Crippen LogP contribution in [0.25, 0.3) is 0 Å². The van der Waals surface area contributed by atoms with Gasteiger partial charge in [-0.05, 0) is 53.4 Å². The van der Waals surface area contributed by atoms with E-state index in [1.807, 2.05) is 12.1 Å². The molecule has 118 valence electrons. The normalized spacial score (nSPS) is 12.4. The van der Waals surface area contributed by atoms with E-state index < -0.39 is 0 Å². The predicted octanol–water partition coefficient (Wildman–Crippen LogP) is 6.15. The van der Waals surface area contributed by atoms with E-state index in [-0.39, 0.29) is 16.6 Å². The number of halogens is 1. The van der Waals surface area contributed by atoms with Crippen LogP contribution in [0.5, 0.6) is 0 Å². The minimum Gasteiger partial charge on any atom is -0.207 e. The van der Waals surface area contributed by atoms with Gasteiger partial charge in [-0.15, -0.1) is 0 Å². The van der Waals surface area contributed by atoms with Gasteiger partial charge in [0.15, 0.2) is 0 Å². The second-order valence-electron chi connectivity index (χ2n) is 7.72. The van der Waals surface area contributed by atoms with Crippen LogP contribution in [0.4, 0.5) is 4.39 Å². The third kappa shape index (κ3) is 4.69. The molecule has 0 atom stereocenters. The highest BCUT2D eigenvalue weighted by molar-refractivity contribution is 5.24. The summed E-state index contributed by atoms with van der Waals surface area (Å²) in [5, 5.41) is 0. The molecule has 0 nitrogen and oxygen atoms in total. The lowest BCUT2D eigenvalue weighted by Crippen LogP contribution is -2.23. The Morgan fingerprint density at radius 1 is 0.773 bits per heavy atom. The minimum absolute atomic E-state index is 0.0711. The highest BCUT2D eigenvalue weighted by Crippen LogP contribution is 2.35. The molecule has 22 heavy (non-hydrogen) atoms. The molecule has 0 fully saturated rings. The minimum atomic E-state index is -0.163.